The number of hydrogen-bond acceptors (Lipinski definition) is 5. The van der Waals surface area contributed by atoms with E-state index in [1.807, 2.05) is 0 Å². The molecule has 0 aromatic heterocycles. The van der Waals surface area contributed by atoms with Gasteiger partial charge in [0.1, 0.15) is 0 Å². The zero-order chi connectivity index (χ0) is 52.9. The Kier molecular flexibility index (Phi) is 61.4. The molecule has 73 heavy (non-hydrogen) atoms. The number of ether oxygens (including phenoxy) is 1. The molecule has 2 atom stereocenters. The Balaban J connectivity index is 3.44. The first kappa shape index (κ1) is 71.3. The number of aliphatic hydroxyl groups excluding tert-OH is 2. The summed E-state index contributed by atoms with van der Waals surface area (Å²) in [6.45, 7) is 4.95. The molecule has 0 saturated heterocycles. The van der Waals surface area contributed by atoms with Crippen molar-refractivity contribution in [1.29, 1.82) is 0 Å². The molecule has 0 aliphatic heterocycles. The molecule has 2 unspecified atom stereocenters. The van der Waals surface area contributed by atoms with Crippen molar-refractivity contribution in [3.8, 4) is 0 Å². The molecule has 0 heterocycles. The Bertz CT molecular complexity index is 1140. The van der Waals surface area contributed by atoms with Gasteiger partial charge in [-0.05, 0) is 77.0 Å². The third-order valence-electron chi connectivity index (χ3n) is 15.5. The molecule has 0 spiro atoms. The molecule has 0 fully saturated rings. The molecule has 1 amide bonds. The summed E-state index contributed by atoms with van der Waals surface area (Å²) in [5.41, 5.74) is 0. The van der Waals surface area contributed by atoms with Crippen molar-refractivity contribution in [2.24, 2.45) is 0 Å². The molecular weight excluding hydrogens is 899 g/mol. The molecule has 6 heteroatoms. The summed E-state index contributed by atoms with van der Waals surface area (Å²) in [5.74, 6) is -0.0501. The second-order valence-electron chi connectivity index (χ2n) is 22.8. The summed E-state index contributed by atoms with van der Waals surface area (Å²) in [5, 5.41) is 23.4. The van der Waals surface area contributed by atoms with Gasteiger partial charge >= 0.3 is 5.97 Å². The lowest BCUT2D eigenvalue weighted by Gasteiger charge is -2.22. The maximum Gasteiger partial charge on any atom is 0.305 e. The molecule has 0 rings (SSSR count). The fourth-order valence-corrected chi connectivity index (χ4v) is 10.4. The normalized spacial score (nSPS) is 12.7. The highest BCUT2D eigenvalue weighted by Crippen LogP contribution is 2.18. The van der Waals surface area contributed by atoms with Crippen LogP contribution in [0.4, 0.5) is 0 Å². The molecule has 0 aliphatic carbocycles. The summed E-state index contributed by atoms with van der Waals surface area (Å²) in [7, 11) is 0. The van der Waals surface area contributed by atoms with Crippen LogP contribution in [0.1, 0.15) is 367 Å². The van der Waals surface area contributed by atoms with Gasteiger partial charge in [0, 0.05) is 12.8 Å². The minimum absolute atomic E-state index is 0.00468. The number of hydrogen-bond donors (Lipinski definition) is 3. The average Bonchev–Trinajstić information content (AvgIpc) is 3.39. The number of unbranched alkanes of at least 4 members (excludes halogenated alkanes) is 47. The molecule has 0 aromatic carbocycles. The lowest BCUT2D eigenvalue weighted by Crippen LogP contribution is -2.45. The first-order valence-corrected chi connectivity index (χ1v) is 33.1. The number of carbonyl (C=O) groups excluding carboxylic acids is 2. The van der Waals surface area contributed by atoms with Gasteiger partial charge in [-0.15, -0.1) is 0 Å². The van der Waals surface area contributed by atoms with Crippen molar-refractivity contribution < 1.29 is 24.5 Å². The quantitative estimate of drug-likeness (QED) is 0.0320. The molecule has 0 aliphatic rings. The number of allylic oxidation sites excluding steroid dienone is 4. The van der Waals surface area contributed by atoms with Crippen molar-refractivity contribution in [3.05, 3.63) is 24.3 Å². The number of esters is 1. The maximum absolute atomic E-state index is 12.5. The van der Waals surface area contributed by atoms with Gasteiger partial charge in [-0.3, -0.25) is 9.59 Å². The number of rotatable bonds is 62. The predicted octanol–water partition coefficient (Wildman–Crippen LogP) is 21.0. The first-order valence-electron chi connectivity index (χ1n) is 33.1. The Morgan fingerprint density at radius 2 is 0.644 bits per heavy atom. The zero-order valence-corrected chi connectivity index (χ0v) is 49.4. The van der Waals surface area contributed by atoms with Gasteiger partial charge in [0.15, 0.2) is 0 Å². The van der Waals surface area contributed by atoms with E-state index in [1.165, 1.54) is 276 Å². The number of amides is 1. The minimum atomic E-state index is -0.675. The highest BCUT2D eigenvalue weighted by Gasteiger charge is 2.20. The van der Waals surface area contributed by atoms with Crippen LogP contribution in [-0.2, 0) is 14.3 Å². The fourth-order valence-electron chi connectivity index (χ4n) is 10.4. The van der Waals surface area contributed by atoms with Crippen LogP contribution in [0.5, 0.6) is 0 Å². The molecular formula is C67H129NO5. The van der Waals surface area contributed by atoms with E-state index in [-0.39, 0.29) is 18.5 Å². The highest BCUT2D eigenvalue weighted by molar-refractivity contribution is 5.76. The van der Waals surface area contributed by atoms with Crippen LogP contribution in [0.25, 0.3) is 0 Å². The molecule has 432 valence electrons. The molecule has 0 radical (unpaired) electrons. The third-order valence-corrected chi connectivity index (χ3v) is 15.5. The Morgan fingerprint density at radius 1 is 0.370 bits per heavy atom. The van der Waals surface area contributed by atoms with E-state index in [4.69, 9.17) is 4.74 Å². The summed E-state index contributed by atoms with van der Waals surface area (Å²) in [6.07, 6.45) is 77.7. The number of aliphatic hydroxyl groups is 2. The lowest BCUT2D eigenvalue weighted by atomic mass is 10.0. The average molecular weight is 1030 g/mol. The fraction of sp³-hybridized carbons (Fsp3) is 0.910. The Labute approximate surface area is 456 Å². The molecule has 0 bridgehead atoms. The van der Waals surface area contributed by atoms with Gasteiger partial charge in [0.25, 0.3) is 0 Å². The van der Waals surface area contributed by atoms with E-state index in [1.54, 1.807) is 0 Å². The van der Waals surface area contributed by atoms with E-state index in [0.717, 1.165) is 57.8 Å². The molecule has 6 nitrogen and oxygen atoms in total. The highest BCUT2D eigenvalue weighted by atomic mass is 16.5. The smallest absolute Gasteiger partial charge is 0.305 e. The second-order valence-corrected chi connectivity index (χ2v) is 22.8. The predicted molar refractivity (Wildman–Crippen MR) is 320 cm³/mol. The zero-order valence-electron chi connectivity index (χ0n) is 49.4. The van der Waals surface area contributed by atoms with Crippen LogP contribution >= 0.6 is 0 Å². The van der Waals surface area contributed by atoms with Crippen LogP contribution in [-0.4, -0.2) is 47.4 Å². The van der Waals surface area contributed by atoms with Gasteiger partial charge < -0.3 is 20.3 Å². The Morgan fingerprint density at radius 3 is 0.973 bits per heavy atom. The van der Waals surface area contributed by atoms with Crippen molar-refractivity contribution >= 4 is 11.9 Å². The van der Waals surface area contributed by atoms with Crippen LogP contribution < -0.4 is 5.32 Å². The van der Waals surface area contributed by atoms with Crippen LogP contribution in [0.2, 0.25) is 0 Å². The minimum Gasteiger partial charge on any atom is -0.466 e. The second kappa shape index (κ2) is 62.9. The van der Waals surface area contributed by atoms with Gasteiger partial charge in [0.2, 0.25) is 5.91 Å². The van der Waals surface area contributed by atoms with Gasteiger partial charge in [-0.2, -0.15) is 0 Å². The largest absolute Gasteiger partial charge is 0.466 e. The maximum atomic E-state index is 12.5. The van der Waals surface area contributed by atoms with E-state index in [2.05, 4.69) is 43.5 Å². The monoisotopic (exact) mass is 1030 g/mol. The van der Waals surface area contributed by atoms with Crippen LogP contribution in [0.3, 0.4) is 0 Å². The summed E-state index contributed by atoms with van der Waals surface area (Å²) in [4.78, 5) is 24.6. The van der Waals surface area contributed by atoms with Gasteiger partial charge in [-0.25, -0.2) is 0 Å². The summed E-state index contributed by atoms with van der Waals surface area (Å²) < 4.78 is 5.47. The lowest BCUT2D eigenvalue weighted by molar-refractivity contribution is -0.143. The van der Waals surface area contributed by atoms with Gasteiger partial charge in [0.05, 0.1) is 25.4 Å². The summed E-state index contributed by atoms with van der Waals surface area (Å²) in [6, 6.07) is -0.553. The molecule has 0 aromatic rings. The standard InChI is InChI=1S/C67H129NO5/c1-3-5-7-9-11-13-15-17-19-20-21-22-23-24-25-26-29-32-35-39-43-47-51-55-59-65(70)64(63-69)68-66(71)60-56-52-48-44-40-36-33-30-27-28-31-34-38-42-46-50-54-58-62-73-67(72)61-57-53-49-45-41-37-18-16-14-12-10-8-6-4-2/h16,18,30,33,64-65,69-70H,3-15,17,19-29,31-32,34-63H2,1-2H3,(H,68,71)/b18-16-,33-30-. The number of nitrogens with one attached hydrogen (secondary N) is 1. The number of carbonyl (C=O) groups is 2. The van der Waals surface area contributed by atoms with Crippen molar-refractivity contribution in [1.82, 2.24) is 5.32 Å². The third kappa shape index (κ3) is 59.4. The van der Waals surface area contributed by atoms with Crippen molar-refractivity contribution in [2.75, 3.05) is 13.2 Å². The first-order chi connectivity index (χ1) is 36.0. The van der Waals surface area contributed by atoms with Crippen molar-refractivity contribution in [2.45, 2.75) is 379 Å². The van der Waals surface area contributed by atoms with Crippen molar-refractivity contribution in [3.63, 3.8) is 0 Å². The molecule has 3 N–H and O–H groups in total. The van der Waals surface area contributed by atoms with E-state index >= 15 is 0 Å². The summed E-state index contributed by atoms with van der Waals surface area (Å²) >= 11 is 0. The van der Waals surface area contributed by atoms with Crippen LogP contribution in [0, 0.1) is 0 Å². The Hall–Kier alpha value is -1.66. The molecule has 0 saturated carbocycles. The van der Waals surface area contributed by atoms with E-state index in [9.17, 15) is 19.8 Å². The van der Waals surface area contributed by atoms with Gasteiger partial charge in [-0.1, -0.05) is 301 Å². The SMILES string of the molecule is CCCCCCC/C=C\CCCCCCCC(=O)OCCCCCCCCCCC/C=C\CCCCCCCC(=O)NC(CO)C(O)CCCCCCCCCCCCCCCCCCCCCCCCCC. The van der Waals surface area contributed by atoms with Crippen LogP contribution in [0.15, 0.2) is 24.3 Å². The van der Waals surface area contributed by atoms with E-state index in [0.29, 0.717) is 25.9 Å². The topological polar surface area (TPSA) is 95.9 Å². The van der Waals surface area contributed by atoms with E-state index < -0.39 is 12.1 Å².